The molecule has 2 fully saturated rings. The number of aromatic nitrogens is 2. The van der Waals surface area contributed by atoms with Crippen LogP contribution in [-0.2, 0) is 0 Å². The van der Waals surface area contributed by atoms with Crippen LogP contribution in [0.15, 0.2) is 53.2 Å². The van der Waals surface area contributed by atoms with Gasteiger partial charge in [-0.1, -0.05) is 33.8 Å². The molecule has 0 amide bonds. The number of hydrogen-bond acceptors (Lipinski definition) is 8. The summed E-state index contributed by atoms with van der Waals surface area (Å²) in [4.78, 5) is 21.5. The number of rotatable bonds is 13. The zero-order valence-electron chi connectivity index (χ0n) is 26.1. The summed E-state index contributed by atoms with van der Waals surface area (Å²) >= 11 is 0. The molecule has 8 heteroatoms. The summed E-state index contributed by atoms with van der Waals surface area (Å²) in [5.41, 5.74) is 9.60. The smallest absolute Gasteiger partial charge is 0.134 e. The molecular weight excluding hydrogens is 508 g/mol. The molecule has 0 bridgehead atoms. The minimum Gasteiger partial charge on any atom is -0.403 e. The van der Waals surface area contributed by atoms with Gasteiger partial charge in [-0.2, -0.15) is 0 Å². The zero-order chi connectivity index (χ0) is 29.0. The lowest BCUT2D eigenvalue weighted by Gasteiger charge is -2.35. The van der Waals surface area contributed by atoms with E-state index >= 15 is 0 Å². The molecule has 2 aliphatic carbocycles. The van der Waals surface area contributed by atoms with Crippen molar-refractivity contribution in [2.24, 2.45) is 22.6 Å². The molecule has 3 N–H and O–H groups in total. The lowest BCUT2D eigenvalue weighted by molar-refractivity contribution is 0.258. The molecule has 4 rings (SSSR count). The highest BCUT2D eigenvalue weighted by molar-refractivity contribution is 6.04. The van der Waals surface area contributed by atoms with Crippen LogP contribution in [0.25, 0.3) is 0 Å². The van der Waals surface area contributed by atoms with Crippen molar-refractivity contribution in [1.82, 2.24) is 19.8 Å². The maximum atomic E-state index is 5.67. The Bertz CT molecular complexity index is 1050. The quantitative estimate of drug-likeness (QED) is 0.313. The number of nitrogens with zero attached hydrogens (tertiary/aromatic N) is 6. The fourth-order valence-corrected chi connectivity index (χ4v) is 6.67. The minimum atomic E-state index is 0.289. The first kappa shape index (κ1) is 31.1. The molecule has 226 valence electrons. The van der Waals surface area contributed by atoms with E-state index in [1.807, 2.05) is 0 Å². The molecule has 0 radical (unpaired) electrons. The molecule has 0 spiro atoms. The van der Waals surface area contributed by atoms with Crippen LogP contribution in [-0.4, -0.2) is 77.3 Å². The number of allylic oxidation sites excluding steroid dienone is 3. The Morgan fingerprint density at radius 2 is 1.76 bits per heavy atom. The molecule has 3 aliphatic rings. The van der Waals surface area contributed by atoms with Gasteiger partial charge in [0.15, 0.2) is 0 Å². The molecule has 1 saturated heterocycles. The second-order valence-corrected chi connectivity index (χ2v) is 12.0. The number of piperazine rings is 1. The number of anilines is 2. The van der Waals surface area contributed by atoms with Crippen molar-refractivity contribution in [1.29, 1.82) is 0 Å². The summed E-state index contributed by atoms with van der Waals surface area (Å²) in [5, 5.41) is 3.74. The Morgan fingerprint density at radius 1 is 1.02 bits per heavy atom. The van der Waals surface area contributed by atoms with Gasteiger partial charge in [-0.05, 0) is 75.5 Å². The summed E-state index contributed by atoms with van der Waals surface area (Å²) in [6, 6.07) is 2.61. The van der Waals surface area contributed by atoms with Gasteiger partial charge in [0.05, 0.1) is 5.71 Å². The maximum absolute atomic E-state index is 5.67. The molecular formula is C33H54N8. The Balaban J connectivity index is 1.35. The Labute approximate surface area is 248 Å². The largest absolute Gasteiger partial charge is 0.403 e. The van der Waals surface area contributed by atoms with Gasteiger partial charge in [-0.3, -0.25) is 9.89 Å². The Morgan fingerprint density at radius 3 is 2.41 bits per heavy atom. The summed E-state index contributed by atoms with van der Waals surface area (Å²) in [7, 11) is 0. The predicted molar refractivity (Wildman–Crippen MR) is 173 cm³/mol. The fourth-order valence-electron chi connectivity index (χ4n) is 6.67. The predicted octanol–water partition coefficient (Wildman–Crippen LogP) is 5.82. The van der Waals surface area contributed by atoms with Gasteiger partial charge in [0.1, 0.15) is 18.0 Å². The van der Waals surface area contributed by atoms with Gasteiger partial charge in [-0.15, -0.1) is 0 Å². The highest BCUT2D eigenvalue weighted by Gasteiger charge is 2.27. The minimum absolute atomic E-state index is 0.289. The highest BCUT2D eigenvalue weighted by Crippen LogP contribution is 2.35. The van der Waals surface area contributed by atoms with Crippen molar-refractivity contribution < 1.29 is 0 Å². The van der Waals surface area contributed by atoms with Crippen LogP contribution >= 0.6 is 0 Å². The van der Waals surface area contributed by atoms with Crippen LogP contribution < -0.4 is 16.0 Å². The summed E-state index contributed by atoms with van der Waals surface area (Å²) in [6.45, 7) is 16.7. The van der Waals surface area contributed by atoms with Crippen LogP contribution in [0, 0.1) is 11.8 Å². The average molecular weight is 563 g/mol. The van der Waals surface area contributed by atoms with Gasteiger partial charge >= 0.3 is 0 Å². The first-order chi connectivity index (χ1) is 20.0. The summed E-state index contributed by atoms with van der Waals surface area (Å²) in [6.07, 6.45) is 19.2. The molecule has 1 aromatic rings. The molecule has 1 aliphatic heterocycles. The molecule has 8 nitrogen and oxygen atoms in total. The lowest BCUT2D eigenvalue weighted by Crippen LogP contribution is -2.46. The van der Waals surface area contributed by atoms with Crippen LogP contribution in [0.4, 0.5) is 11.6 Å². The molecule has 1 saturated carbocycles. The van der Waals surface area contributed by atoms with E-state index in [1.54, 1.807) is 18.7 Å². The van der Waals surface area contributed by atoms with Gasteiger partial charge in [0, 0.05) is 75.4 Å². The molecule has 1 aromatic heterocycles. The molecule has 2 heterocycles. The van der Waals surface area contributed by atoms with E-state index in [-0.39, 0.29) is 5.92 Å². The van der Waals surface area contributed by atoms with E-state index in [4.69, 9.17) is 10.7 Å². The van der Waals surface area contributed by atoms with Gasteiger partial charge in [0.25, 0.3) is 0 Å². The number of nitrogens with two attached hydrogens (primary N) is 1. The van der Waals surface area contributed by atoms with Crippen LogP contribution in [0.2, 0.25) is 0 Å². The molecule has 41 heavy (non-hydrogen) atoms. The molecule has 1 unspecified atom stereocenters. The van der Waals surface area contributed by atoms with Crippen LogP contribution in [0.1, 0.15) is 79.1 Å². The van der Waals surface area contributed by atoms with E-state index in [1.165, 1.54) is 42.8 Å². The van der Waals surface area contributed by atoms with Crippen molar-refractivity contribution in [2.45, 2.75) is 85.1 Å². The monoisotopic (exact) mass is 562 g/mol. The van der Waals surface area contributed by atoms with Gasteiger partial charge in [0.2, 0.25) is 0 Å². The Kier molecular flexibility index (Phi) is 12.1. The van der Waals surface area contributed by atoms with Crippen LogP contribution in [0.5, 0.6) is 0 Å². The third-order valence-corrected chi connectivity index (χ3v) is 8.75. The number of hydrogen-bond donors (Lipinski definition) is 2. The molecule has 0 aromatic carbocycles. The number of aliphatic imine (C=N–C) groups is 1. The Hall–Kier alpha value is -2.87. The third-order valence-electron chi connectivity index (χ3n) is 8.75. The van der Waals surface area contributed by atoms with E-state index < -0.39 is 0 Å². The standard InChI is InChI=1S/C33H54N8/c1-5-14-39-17-19-41(20-18-39)32-24-31(36-25-37-32)38-29-10-8-27(9-11-29)22-28-23-30(40(15-6-2)16-7-3)21-26(4)33(28)35-13-12-34/h12-13,21,23-27,29H,5-11,14-20,22,34H2,1-4H3,(H,36,37,38)/b13-12-,35-33?. The first-order valence-corrected chi connectivity index (χ1v) is 16.2. The summed E-state index contributed by atoms with van der Waals surface area (Å²) in [5.74, 6) is 2.97. The van der Waals surface area contributed by atoms with Crippen molar-refractivity contribution >= 4 is 17.3 Å². The lowest BCUT2D eigenvalue weighted by atomic mass is 9.79. The second-order valence-electron chi connectivity index (χ2n) is 12.0. The van der Waals surface area contributed by atoms with Crippen LogP contribution in [0.3, 0.4) is 0 Å². The average Bonchev–Trinajstić information content (AvgIpc) is 2.98. The van der Waals surface area contributed by atoms with Gasteiger partial charge < -0.3 is 20.9 Å². The first-order valence-electron chi connectivity index (χ1n) is 16.2. The van der Waals surface area contributed by atoms with E-state index in [9.17, 15) is 0 Å². The third kappa shape index (κ3) is 8.81. The van der Waals surface area contributed by atoms with Crippen molar-refractivity contribution in [3.8, 4) is 0 Å². The summed E-state index contributed by atoms with van der Waals surface area (Å²) < 4.78 is 0. The highest BCUT2D eigenvalue weighted by atomic mass is 15.3. The maximum Gasteiger partial charge on any atom is 0.134 e. The van der Waals surface area contributed by atoms with Crippen molar-refractivity contribution in [2.75, 3.05) is 56.0 Å². The normalized spacial score (nSPS) is 24.9. The van der Waals surface area contributed by atoms with Crippen molar-refractivity contribution in [3.63, 3.8) is 0 Å². The SMILES string of the molecule is CCCN1CCN(c2cc(NC3CCC(CC4=CC(N(CCC)CCC)=CC(C)C4=N/C=C\N)CC3)ncn2)CC1. The van der Waals surface area contributed by atoms with E-state index in [2.05, 4.69) is 75.9 Å². The van der Waals surface area contributed by atoms with Crippen molar-refractivity contribution in [3.05, 3.63) is 48.2 Å². The molecule has 1 atom stereocenters. The van der Waals surface area contributed by atoms with E-state index in [0.717, 1.165) is 83.0 Å². The number of nitrogens with one attached hydrogen (secondary N) is 1. The topological polar surface area (TPSA) is 85.9 Å². The van der Waals surface area contributed by atoms with Gasteiger partial charge in [-0.25, -0.2) is 9.97 Å². The second kappa shape index (κ2) is 15.9. The zero-order valence-corrected chi connectivity index (χ0v) is 26.1. The fraction of sp³-hybridized carbons (Fsp3) is 0.667. The van der Waals surface area contributed by atoms with E-state index in [0.29, 0.717) is 12.0 Å².